The lowest BCUT2D eigenvalue weighted by atomic mass is 9.76. The van der Waals surface area contributed by atoms with E-state index in [9.17, 15) is 0 Å². The fourth-order valence-electron chi connectivity index (χ4n) is 2.53. The van der Waals surface area contributed by atoms with E-state index in [2.05, 4.69) is 32.3 Å². The molecule has 5 heteroatoms. The molecule has 0 saturated heterocycles. The normalized spacial score (nSPS) is 21.4. The highest BCUT2D eigenvalue weighted by Crippen LogP contribution is 2.41. The number of benzene rings is 1. The minimum atomic E-state index is 0.464. The minimum Gasteiger partial charge on any atom is -0.381 e. The van der Waals surface area contributed by atoms with Crippen molar-refractivity contribution in [1.82, 2.24) is 4.98 Å². The van der Waals surface area contributed by atoms with Crippen molar-refractivity contribution in [2.24, 2.45) is 0 Å². The highest BCUT2D eigenvalue weighted by molar-refractivity contribution is 9.10. The van der Waals surface area contributed by atoms with Gasteiger partial charge in [-0.25, -0.2) is 4.98 Å². The molecule has 1 aromatic carbocycles. The maximum Gasteiger partial charge on any atom is 0.143 e. The van der Waals surface area contributed by atoms with Crippen molar-refractivity contribution in [3.63, 3.8) is 0 Å². The molecular weight excluding hydrogens is 359 g/mol. The summed E-state index contributed by atoms with van der Waals surface area (Å²) in [5.74, 6) is 0.546. The van der Waals surface area contributed by atoms with Crippen LogP contribution in [0.4, 0.5) is 5.69 Å². The summed E-state index contributed by atoms with van der Waals surface area (Å²) in [7, 11) is 0. The molecule has 20 heavy (non-hydrogen) atoms. The first-order valence-electron chi connectivity index (χ1n) is 6.45. The second-order valence-corrected chi connectivity index (χ2v) is 6.65. The van der Waals surface area contributed by atoms with Crippen LogP contribution >= 0.6 is 39.1 Å². The maximum atomic E-state index is 6.23. The van der Waals surface area contributed by atoms with Crippen molar-refractivity contribution >= 4 is 44.8 Å². The molecule has 1 N–H and O–H groups in total. The molecule has 0 spiro atoms. The van der Waals surface area contributed by atoms with E-state index in [4.69, 9.17) is 23.2 Å². The molecule has 104 valence electrons. The summed E-state index contributed by atoms with van der Waals surface area (Å²) in [4.78, 5) is 4.12. The molecule has 2 aromatic rings. The third-order valence-electron chi connectivity index (χ3n) is 3.65. The second-order valence-electron chi connectivity index (χ2n) is 5.03. The number of nitrogens with zero attached hydrogens (tertiary/aromatic N) is 1. The topological polar surface area (TPSA) is 24.9 Å². The Bertz CT molecular complexity index is 627. The smallest absolute Gasteiger partial charge is 0.143 e. The fourth-order valence-corrected chi connectivity index (χ4v) is 3.27. The van der Waals surface area contributed by atoms with Crippen molar-refractivity contribution in [2.75, 3.05) is 5.32 Å². The molecule has 0 amide bonds. The molecule has 1 aliphatic rings. The Balaban J connectivity index is 1.61. The summed E-state index contributed by atoms with van der Waals surface area (Å²) in [6, 6.07) is 10.5. The van der Waals surface area contributed by atoms with E-state index in [1.165, 1.54) is 5.56 Å². The van der Waals surface area contributed by atoms with Crippen LogP contribution in [-0.4, -0.2) is 11.0 Å². The molecular formula is C15H13BrCl2N2. The highest BCUT2D eigenvalue weighted by Gasteiger charge is 2.31. The highest BCUT2D eigenvalue weighted by atomic mass is 79.9. The lowest BCUT2D eigenvalue weighted by molar-refractivity contribution is 0.374. The lowest BCUT2D eigenvalue weighted by Gasteiger charge is -2.37. The predicted octanol–water partition coefficient (Wildman–Crippen LogP) is 5.51. The Hall–Kier alpha value is -0.770. The number of hydrogen-bond donors (Lipinski definition) is 1. The number of hydrogen-bond acceptors (Lipinski definition) is 2. The van der Waals surface area contributed by atoms with Gasteiger partial charge in [0.15, 0.2) is 0 Å². The van der Waals surface area contributed by atoms with Gasteiger partial charge in [-0.15, -0.1) is 0 Å². The zero-order chi connectivity index (χ0) is 14.1. The molecule has 0 radical (unpaired) electrons. The largest absolute Gasteiger partial charge is 0.381 e. The SMILES string of the molecule is Clc1ccccc1C1CC(Nc2cnc(Cl)c(Br)c2)C1. The van der Waals surface area contributed by atoms with E-state index < -0.39 is 0 Å². The van der Waals surface area contributed by atoms with Crippen LogP contribution < -0.4 is 5.32 Å². The zero-order valence-corrected chi connectivity index (χ0v) is 13.7. The average Bonchev–Trinajstić information content (AvgIpc) is 2.39. The van der Waals surface area contributed by atoms with Gasteiger partial charge in [0, 0.05) is 11.1 Å². The summed E-state index contributed by atoms with van der Waals surface area (Å²) in [6.45, 7) is 0. The second kappa shape index (κ2) is 5.92. The molecule has 0 aliphatic heterocycles. The quantitative estimate of drug-likeness (QED) is 0.719. The van der Waals surface area contributed by atoms with E-state index >= 15 is 0 Å². The molecule has 1 saturated carbocycles. The molecule has 1 fully saturated rings. The van der Waals surface area contributed by atoms with E-state index in [0.29, 0.717) is 17.1 Å². The van der Waals surface area contributed by atoms with Gasteiger partial charge in [-0.3, -0.25) is 0 Å². The van der Waals surface area contributed by atoms with Crippen molar-refractivity contribution in [1.29, 1.82) is 0 Å². The van der Waals surface area contributed by atoms with Gasteiger partial charge in [-0.05, 0) is 52.4 Å². The third kappa shape index (κ3) is 2.95. The summed E-state index contributed by atoms with van der Waals surface area (Å²) in [6.07, 6.45) is 3.93. The summed E-state index contributed by atoms with van der Waals surface area (Å²) in [5.41, 5.74) is 2.24. The number of anilines is 1. The summed E-state index contributed by atoms with van der Waals surface area (Å²) < 4.78 is 0.811. The lowest BCUT2D eigenvalue weighted by Crippen LogP contribution is -2.34. The monoisotopic (exact) mass is 370 g/mol. The molecule has 1 aromatic heterocycles. The molecule has 0 atom stereocenters. The van der Waals surface area contributed by atoms with E-state index in [0.717, 1.165) is 28.0 Å². The van der Waals surface area contributed by atoms with Crippen LogP contribution in [0.25, 0.3) is 0 Å². The predicted molar refractivity (Wildman–Crippen MR) is 87.8 cm³/mol. The molecule has 2 nitrogen and oxygen atoms in total. The number of pyridine rings is 1. The molecule has 1 aliphatic carbocycles. The van der Waals surface area contributed by atoms with E-state index in [-0.39, 0.29) is 0 Å². The van der Waals surface area contributed by atoms with Gasteiger partial charge >= 0.3 is 0 Å². The van der Waals surface area contributed by atoms with E-state index in [1.54, 1.807) is 6.20 Å². The van der Waals surface area contributed by atoms with Gasteiger partial charge in [0.2, 0.25) is 0 Å². The fraction of sp³-hybridized carbons (Fsp3) is 0.267. The standard InChI is InChI=1S/C15H13BrCl2N2/c16-13-7-11(8-19-15(13)18)20-10-5-9(6-10)12-3-1-2-4-14(12)17/h1-4,7-10,20H,5-6H2. The van der Waals surface area contributed by atoms with Crippen LogP contribution in [0.3, 0.4) is 0 Å². The van der Waals surface area contributed by atoms with E-state index in [1.807, 2.05) is 24.3 Å². The van der Waals surface area contributed by atoms with Gasteiger partial charge < -0.3 is 5.32 Å². The van der Waals surface area contributed by atoms with Crippen LogP contribution in [0.5, 0.6) is 0 Å². The van der Waals surface area contributed by atoms with Gasteiger partial charge in [0.1, 0.15) is 5.15 Å². The summed E-state index contributed by atoms with van der Waals surface area (Å²) >= 11 is 15.5. The Morgan fingerprint density at radius 1 is 1.20 bits per heavy atom. The van der Waals surface area contributed by atoms with Gasteiger partial charge in [0.05, 0.1) is 16.4 Å². The zero-order valence-electron chi connectivity index (χ0n) is 10.6. The Kier molecular flexibility index (Phi) is 4.20. The number of halogens is 3. The van der Waals surface area contributed by atoms with Gasteiger partial charge in [-0.2, -0.15) is 0 Å². The van der Waals surface area contributed by atoms with Crippen molar-refractivity contribution < 1.29 is 0 Å². The van der Waals surface area contributed by atoms with Crippen molar-refractivity contribution in [3.05, 3.63) is 56.7 Å². The van der Waals surface area contributed by atoms with Crippen molar-refractivity contribution in [3.8, 4) is 0 Å². The van der Waals surface area contributed by atoms with Crippen LogP contribution in [0.1, 0.15) is 24.3 Å². The number of nitrogens with one attached hydrogen (secondary N) is 1. The van der Waals surface area contributed by atoms with Crippen LogP contribution in [-0.2, 0) is 0 Å². The molecule has 3 rings (SSSR count). The minimum absolute atomic E-state index is 0.464. The van der Waals surface area contributed by atoms with Crippen LogP contribution in [0.2, 0.25) is 10.2 Å². The molecule has 0 bridgehead atoms. The first-order chi connectivity index (χ1) is 9.63. The number of aromatic nitrogens is 1. The molecule has 1 heterocycles. The Morgan fingerprint density at radius 3 is 2.65 bits per heavy atom. The Morgan fingerprint density at radius 2 is 1.95 bits per heavy atom. The Labute approximate surface area is 136 Å². The average molecular weight is 372 g/mol. The number of rotatable bonds is 3. The van der Waals surface area contributed by atoms with Crippen LogP contribution in [0.15, 0.2) is 41.0 Å². The van der Waals surface area contributed by atoms with Gasteiger partial charge in [-0.1, -0.05) is 41.4 Å². The van der Waals surface area contributed by atoms with Gasteiger partial charge in [0.25, 0.3) is 0 Å². The first kappa shape index (κ1) is 14.2. The maximum absolute atomic E-state index is 6.23. The van der Waals surface area contributed by atoms with Crippen molar-refractivity contribution in [2.45, 2.75) is 24.8 Å². The third-order valence-corrected chi connectivity index (χ3v) is 5.13. The first-order valence-corrected chi connectivity index (χ1v) is 8.00. The summed E-state index contributed by atoms with van der Waals surface area (Å²) in [5, 5.41) is 4.82. The molecule has 0 unspecified atom stereocenters. The van der Waals surface area contributed by atoms with Crippen LogP contribution in [0, 0.1) is 0 Å².